The number of aliphatic hydroxyl groups is 1. The fourth-order valence-corrected chi connectivity index (χ4v) is 8.28. The van der Waals surface area contributed by atoms with Crippen molar-refractivity contribution in [2.24, 2.45) is 39.9 Å². The molecule has 4 aliphatic rings. The van der Waals surface area contributed by atoms with Crippen LogP contribution < -0.4 is 0 Å². The summed E-state index contributed by atoms with van der Waals surface area (Å²) in [6.07, 6.45) is 6.67. The molecule has 0 aromatic rings. The van der Waals surface area contributed by atoms with Crippen LogP contribution in [0.1, 0.15) is 93.4 Å². The number of ketones is 1. The predicted octanol–water partition coefficient (Wildman–Crippen LogP) is 5.39. The van der Waals surface area contributed by atoms with Crippen LogP contribution in [0.4, 0.5) is 0 Å². The average Bonchev–Trinajstić information content (AvgIpc) is 3.17. The van der Waals surface area contributed by atoms with Gasteiger partial charge in [-0.15, -0.1) is 0 Å². The Morgan fingerprint density at radius 1 is 0.964 bits per heavy atom. The van der Waals surface area contributed by atoms with E-state index in [9.17, 15) is 9.90 Å². The van der Waals surface area contributed by atoms with E-state index < -0.39 is 6.10 Å². The van der Waals surface area contributed by atoms with E-state index in [2.05, 4.69) is 48.5 Å². The summed E-state index contributed by atoms with van der Waals surface area (Å²) >= 11 is 0. The second kappa shape index (κ2) is 6.30. The molecule has 9 atom stereocenters. The Balaban J connectivity index is 1.82. The van der Waals surface area contributed by atoms with Crippen molar-refractivity contribution >= 4 is 5.78 Å². The Kier molecular flexibility index (Phi) is 4.69. The van der Waals surface area contributed by atoms with Crippen molar-refractivity contribution in [2.45, 2.75) is 111 Å². The monoisotopic (exact) mass is 390 g/mol. The van der Waals surface area contributed by atoms with Crippen molar-refractivity contribution in [3.8, 4) is 0 Å². The van der Waals surface area contributed by atoms with Crippen LogP contribution in [0.3, 0.4) is 0 Å². The summed E-state index contributed by atoms with van der Waals surface area (Å²) in [6, 6.07) is 0. The van der Waals surface area contributed by atoms with Gasteiger partial charge >= 0.3 is 0 Å². The highest BCUT2D eigenvalue weighted by molar-refractivity contribution is 5.85. The van der Waals surface area contributed by atoms with Gasteiger partial charge in [0.05, 0.1) is 17.8 Å². The number of hydrogen-bond acceptors (Lipinski definition) is 3. The molecule has 28 heavy (non-hydrogen) atoms. The quantitative estimate of drug-likeness (QED) is 0.653. The molecule has 1 saturated heterocycles. The van der Waals surface area contributed by atoms with Gasteiger partial charge < -0.3 is 9.84 Å². The Bertz CT molecular complexity index is 656. The lowest BCUT2D eigenvalue weighted by molar-refractivity contribution is -0.202. The molecule has 3 aliphatic carbocycles. The van der Waals surface area contributed by atoms with Gasteiger partial charge in [0.15, 0.2) is 0 Å². The van der Waals surface area contributed by atoms with Gasteiger partial charge in [0.2, 0.25) is 0 Å². The third-order valence-corrected chi connectivity index (χ3v) is 10.7. The topological polar surface area (TPSA) is 46.5 Å². The molecule has 4 rings (SSSR count). The van der Waals surface area contributed by atoms with Crippen LogP contribution in [0.2, 0.25) is 0 Å². The highest BCUT2D eigenvalue weighted by Gasteiger charge is 2.68. The fourth-order valence-electron chi connectivity index (χ4n) is 8.28. The second-order valence-corrected chi connectivity index (χ2v) is 12.1. The molecule has 1 aliphatic heterocycles. The van der Waals surface area contributed by atoms with Crippen LogP contribution in [-0.2, 0) is 9.53 Å². The number of rotatable bonds is 1. The molecular formula is C25H42O3. The van der Waals surface area contributed by atoms with Gasteiger partial charge in [-0.2, -0.15) is 0 Å². The maximum atomic E-state index is 13.2. The molecule has 3 saturated carbocycles. The molecule has 1 heterocycles. The Hall–Kier alpha value is -0.410. The van der Waals surface area contributed by atoms with Crippen LogP contribution in [-0.4, -0.2) is 28.7 Å². The number of hydrogen-bond donors (Lipinski definition) is 1. The predicted molar refractivity (Wildman–Crippen MR) is 112 cm³/mol. The van der Waals surface area contributed by atoms with Crippen molar-refractivity contribution in [1.29, 1.82) is 0 Å². The minimum Gasteiger partial charge on any atom is -0.393 e. The highest BCUT2D eigenvalue weighted by atomic mass is 16.5. The van der Waals surface area contributed by atoms with Crippen LogP contribution in [0.15, 0.2) is 0 Å². The number of Topliss-reactive ketones (excluding diaryl/α,β-unsaturated/α-hetero) is 1. The first kappa shape index (κ1) is 20.8. The van der Waals surface area contributed by atoms with Crippen molar-refractivity contribution < 1.29 is 14.6 Å². The second-order valence-electron chi connectivity index (χ2n) is 12.1. The average molecular weight is 391 g/mol. The molecule has 0 spiro atoms. The summed E-state index contributed by atoms with van der Waals surface area (Å²) in [4.78, 5) is 13.2. The molecule has 4 unspecified atom stereocenters. The Labute approximate surface area is 172 Å². The zero-order valence-electron chi connectivity index (χ0n) is 19.2. The zero-order chi connectivity index (χ0) is 20.7. The first-order chi connectivity index (χ1) is 12.9. The maximum Gasteiger partial charge on any atom is 0.137 e. The largest absolute Gasteiger partial charge is 0.393 e. The first-order valence-electron chi connectivity index (χ1n) is 11.8. The molecule has 2 bridgehead atoms. The van der Waals surface area contributed by atoms with E-state index in [1.54, 1.807) is 0 Å². The van der Waals surface area contributed by atoms with E-state index in [4.69, 9.17) is 4.74 Å². The maximum absolute atomic E-state index is 13.2. The minimum absolute atomic E-state index is 0.0293. The van der Waals surface area contributed by atoms with Gasteiger partial charge in [-0.3, -0.25) is 4.79 Å². The Morgan fingerprint density at radius 2 is 1.64 bits per heavy atom. The molecule has 1 N–H and O–H groups in total. The third-order valence-electron chi connectivity index (χ3n) is 10.7. The van der Waals surface area contributed by atoms with Gasteiger partial charge in [0.25, 0.3) is 0 Å². The van der Waals surface area contributed by atoms with E-state index in [1.165, 1.54) is 0 Å². The number of aliphatic hydroxyl groups excluding tert-OH is 1. The molecule has 0 aromatic heterocycles. The first-order valence-corrected chi connectivity index (χ1v) is 11.8. The van der Waals surface area contributed by atoms with Crippen molar-refractivity contribution in [3.63, 3.8) is 0 Å². The van der Waals surface area contributed by atoms with Crippen LogP contribution in [0.5, 0.6) is 0 Å². The summed E-state index contributed by atoms with van der Waals surface area (Å²) in [5, 5.41) is 11.7. The van der Waals surface area contributed by atoms with Crippen LogP contribution in [0, 0.1) is 39.9 Å². The number of carbonyl (C=O) groups excluding carboxylic acids is 1. The third kappa shape index (κ3) is 2.57. The molecule has 0 amide bonds. The van der Waals surface area contributed by atoms with Crippen LogP contribution in [0.25, 0.3) is 0 Å². The summed E-state index contributed by atoms with van der Waals surface area (Å²) in [7, 11) is 0. The van der Waals surface area contributed by atoms with Gasteiger partial charge in [-0.25, -0.2) is 0 Å². The molecule has 3 nitrogen and oxygen atoms in total. The lowest BCUT2D eigenvalue weighted by Gasteiger charge is -2.63. The number of carbonyl (C=O) groups is 1. The van der Waals surface area contributed by atoms with Gasteiger partial charge in [-0.1, -0.05) is 34.6 Å². The smallest absolute Gasteiger partial charge is 0.137 e. The van der Waals surface area contributed by atoms with E-state index in [0.717, 1.165) is 38.5 Å². The molecule has 3 heteroatoms. The van der Waals surface area contributed by atoms with E-state index in [0.29, 0.717) is 30.0 Å². The number of ether oxygens (including phenoxy) is 1. The molecule has 0 radical (unpaired) electrons. The molecule has 160 valence electrons. The Morgan fingerprint density at radius 3 is 2.25 bits per heavy atom. The summed E-state index contributed by atoms with van der Waals surface area (Å²) in [6.45, 7) is 16.1. The van der Waals surface area contributed by atoms with Gasteiger partial charge in [0.1, 0.15) is 5.78 Å². The minimum atomic E-state index is -0.443. The van der Waals surface area contributed by atoms with Gasteiger partial charge in [-0.05, 0) is 81.0 Å². The highest BCUT2D eigenvalue weighted by Crippen LogP contribution is 2.69. The summed E-state index contributed by atoms with van der Waals surface area (Å²) < 4.78 is 6.59. The summed E-state index contributed by atoms with van der Waals surface area (Å²) in [5.41, 5.74) is -0.375. The molecule has 0 aromatic carbocycles. The molecule has 4 fully saturated rings. The van der Waals surface area contributed by atoms with Crippen LogP contribution >= 0.6 is 0 Å². The van der Waals surface area contributed by atoms with Gasteiger partial charge in [0, 0.05) is 17.8 Å². The van der Waals surface area contributed by atoms with Crippen molar-refractivity contribution in [2.75, 3.05) is 0 Å². The SMILES string of the molecule is C[C@@H]1CCC23CCC(=O)C2[C@]1(C)C(O)C[C@@](C)(C1CCC(C)(C)O1)[C@@H](C)[C@@H]3C. The zero-order valence-corrected chi connectivity index (χ0v) is 19.2. The summed E-state index contributed by atoms with van der Waals surface area (Å²) in [5.74, 6) is 1.73. The normalized spacial score (nSPS) is 56.2. The van der Waals surface area contributed by atoms with Crippen molar-refractivity contribution in [1.82, 2.24) is 0 Å². The fraction of sp³-hybridized carbons (Fsp3) is 0.960. The van der Waals surface area contributed by atoms with Crippen molar-refractivity contribution in [3.05, 3.63) is 0 Å². The lowest BCUT2D eigenvalue weighted by atomic mass is 9.42. The standard InChI is InChI=1S/C25H42O3/c1-15-8-12-25-13-9-18(26)21(25)24(15,7)19(27)14-23(6,16(2)17(25)3)20-10-11-22(4,5)28-20/h15-17,19-21,27H,8-14H2,1-7H3/t15-,16+,17+,19?,20?,21?,23-,24+,25?/m1/s1. The van der Waals surface area contributed by atoms with E-state index >= 15 is 0 Å². The van der Waals surface area contributed by atoms with E-state index in [-0.39, 0.29) is 33.9 Å². The lowest BCUT2D eigenvalue weighted by Crippen LogP contribution is -2.62. The van der Waals surface area contributed by atoms with E-state index in [1.807, 2.05) is 0 Å². The molecular weight excluding hydrogens is 348 g/mol.